The highest BCUT2D eigenvalue weighted by molar-refractivity contribution is 5.68. The van der Waals surface area contributed by atoms with Crippen LogP contribution >= 0.6 is 0 Å². The summed E-state index contributed by atoms with van der Waals surface area (Å²) in [6, 6.07) is 0. The maximum absolute atomic E-state index is 3.84. The van der Waals surface area contributed by atoms with Crippen LogP contribution in [0.1, 0.15) is 34.6 Å². The summed E-state index contributed by atoms with van der Waals surface area (Å²) in [4.78, 5) is 0. The van der Waals surface area contributed by atoms with E-state index >= 15 is 0 Å². The third kappa shape index (κ3) is 2.33. The molecule has 0 bridgehead atoms. The molecule has 96 valence electrons. The third-order valence-corrected chi connectivity index (χ3v) is 3.46. The summed E-state index contributed by atoms with van der Waals surface area (Å²) in [7, 11) is 0. The Labute approximate surface area is 112 Å². The molecule has 0 radical (unpaired) electrons. The largest absolute Gasteiger partial charge is 0.0990 e. The Bertz CT molecular complexity index is 474. The molecule has 0 spiro atoms. The summed E-state index contributed by atoms with van der Waals surface area (Å²) < 4.78 is 0. The standard InChI is InChI=1S/C18H24/c1-7-11-14-15(12-8-2)17(13-9-3)18(5,6)16(14)10-4/h7-13H,1H2,2-6H3/b12-8-,13-9-,14-11-,16-10+. The molecule has 0 fully saturated rings. The Morgan fingerprint density at radius 3 is 2.06 bits per heavy atom. The lowest BCUT2D eigenvalue weighted by molar-refractivity contribution is 0.577. The minimum absolute atomic E-state index is 0.0605. The fourth-order valence-corrected chi connectivity index (χ4v) is 2.73. The van der Waals surface area contributed by atoms with Gasteiger partial charge in [-0.2, -0.15) is 0 Å². The molecular formula is C18H24. The molecular weight excluding hydrogens is 216 g/mol. The van der Waals surface area contributed by atoms with Crippen molar-refractivity contribution in [2.45, 2.75) is 34.6 Å². The van der Waals surface area contributed by atoms with Crippen LogP contribution < -0.4 is 0 Å². The first-order valence-electron chi connectivity index (χ1n) is 6.54. The van der Waals surface area contributed by atoms with Crippen LogP contribution in [0.25, 0.3) is 0 Å². The van der Waals surface area contributed by atoms with E-state index in [1.165, 1.54) is 22.3 Å². The van der Waals surface area contributed by atoms with E-state index in [0.717, 1.165) is 0 Å². The molecule has 1 rings (SSSR count). The average molecular weight is 240 g/mol. The Morgan fingerprint density at radius 1 is 1.00 bits per heavy atom. The molecule has 0 aromatic carbocycles. The third-order valence-electron chi connectivity index (χ3n) is 3.46. The highest BCUT2D eigenvalue weighted by Crippen LogP contribution is 2.50. The van der Waals surface area contributed by atoms with Crippen LogP contribution in [0.4, 0.5) is 0 Å². The highest BCUT2D eigenvalue weighted by atomic mass is 14.4. The summed E-state index contributed by atoms with van der Waals surface area (Å²) >= 11 is 0. The predicted molar refractivity (Wildman–Crippen MR) is 82.5 cm³/mol. The second-order valence-corrected chi connectivity index (χ2v) is 4.97. The van der Waals surface area contributed by atoms with Crippen molar-refractivity contribution in [3.63, 3.8) is 0 Å². The van der Waals surface area contributed by atoms with Gasteiger partial charge in [0.05, 0.1) is 0 Å². The average Bonchev–Trinajstić information content (AvgIpc) is 2.51. The molecule has 0 aliphatic heterocycles. The molecule has 1 aliphatic carbocycles. The van der Waals surface area contributed by atoms with Gasteiger partial charge in [-0.3, -0.25) is 0 Å². The zero-order valence-electron chi connectivity index (χ0n) is 12.2. The molecule has 18 heavy (non-hydrogen) atoms. The van der Waals surface area contributed by atoms with Gasteiger partial charge in [-0.15, -0.1) is 0 Å². The second-order valence-electron chi connectivity index (χ2n) is 4.97. The number of hydrogen-bond donors (Lipinski definition) is 0. The molecule has 0 saturated heterocycles. The molecule has 0 unspecified atom stereocenters. The van der Waals surface area contributed by atoms with Crippen molar-refractivity contribution in [3.05, 3.63) is 71.4 Å². The van der Waals surface area contributed by atoms with Crippen molar-refractivity contribution in [1.29, 1.82) is 0 Å². The van der Waals surface area contributed by atoms with Crippen LogP contribution in [0.15, 0.2) is 71.4 Å². The number of hydrogen-bond acceptors (Lipinski definition) is 0. The fourth-order valence-electron chi connectivity index (χ4n) is 2.73. The van der Waals surface area contributed by atoms with Crippen LogP contribution in [-0.4, -0.2) is 0 Å². The summed E-state index contributed by atoms with van der Waals surface area (Å²) in [5, 5.41) is 0. The van der Waals surface area contributed by atoms with E-state index in [0.29, 0.717) is 0 Å². The predicted octanol–water partition coefficient (Wildman–Crippen LogP) is 5.53. The molecule has 0 aromatic heterocycles. The molecule has 0 heterocycles. The Kier molecular flexibility index (Phi) is 4.72. The van der Waals surface area contributed by atoms with E-state index in [9.17, 15) is 0 Å². The first-order valence-corrected chi connectivity index (χ1v) is 6.54. The van der Waals surface area contributed by atoms with Crippen LogP contribution in [0.2, 0.25) is 0 Å². The van der Waals surface area contributed by atoms with Gasteiger partial charge in [0.1, 0.15) is 0 Å². The zero-order chi connectivity index (χ0) is 13.8. The SMILES string of the molecule is C=C/C=C1C(/C=C\C)=C(/C=C\C)C(C)(C)C/1=C/C. The molecule has 0 N–H and O–H groups in total. The molecule has 0 atom stereocenters. The first kappa shape index (κ1) is 14.5. The van der Waals surface area contributed by atoms with Gasteiger partial charge < -0.3 is 0 Å². The molecule has 0 aromatic rings. The van der Waals surface area contributed by atoms with Gasteiger partial charge in [0.25, 0.3) is 0 Å². The summed E-state index contributed by atoms with van der Waals surface area (Å²) in [5.41, 5.74) is 5.43. The molecule has 1 aliphatic rings. The minimum Gasteiger partial charge on any atom is -0.0990 e. The van der Waals surface area contributed by atoms with E-state index in [4.69, 9.17) is 0 Å². The van der Waals surface area contributed by atoms with Gasteiger partial charge in [-0.25, -0.2) is 0 Å². The maximum Gasteiger partial charge on any atom is 0.0155 e. The quantitative estimate of drug-likeness (QED) is 0.608. The van der Waals surface area contributed by atoms with Crippen molar-refractivity contribution in [2.75, 3.05) is 0 Å². The second kappa shape index (κ2) is 5.86. The normalized spacial score (nSPS) is 24.1. The summed E-state index contributed by atoms with van der Waals surface area (Å²) in [6.45, 7) is 14.6. The monoisotopic (exact) mass is 240 g/mol. The van der Waals surface area contributed by atoms with Gasteiger partial charge >= 0.3 is 0 Å². The van der Waals surface area contributed by atoms with Crippen LogP contribution in [0.5, 0.6) is 0 Å². The van der Waals surface area contributed by atoms with Crippen LogP contribution in [-0.2, 0) is 0 Å². The molecule has 0 heteroatoms. The van der Waals surface area contributed by atoms with Crippen molar-refractivity contribution < 1.29 is 0 Å². The van der Waals surface area contributed by atoms with Crippen LogP contribution in [0.3, 0.4) is 0 Å². The van der Waals surface area contributed by atoms with E-state index in [1.807, 2.05) is 6.08 Å². The van der Waals surface area contributed by atoms with Crippen molar-refractivity contribution in [2.24, 2.45) is 5.41 Å². The van der Waals surface area contributed by atoms with Gasteiger partial charge in [0.2, 0.25) is 0 Å². The molecule has 0 saturated carbocycles. The summed E-state index contributed by atoms with van der Waals surface area (Å²) in [5.74, 6) is 0. The van der Waals surface area contributed by atoms with Gasteiger partial charge in [-0.05, 0) is 43.1 Å². The Hall–Kier alpha value is -1.56. The lowest BCUT2D eigenvalue weighted by atomic mass is 9.80. The van der Waals surface area contributed by atoms with Crippen molar-refractivity contribution in [1.82, 2.24) is 0 Å². The minimum atomic E-state index is 0.0605. The number of rotatable bonds is 3. The highest BCUT2D eigenvalue weighted by Gasteiger charge is 2.37. The van der Waals surface area contributed by atoms with E-state index in [2.05, 4.69) is 77.7 Å². The van der Waals surface area contributed by atoms with Gasteiger partial charge in [-0.1, -0.05) is 63.0 Å². The topological polar surface area (TPSA) is 0 Å². The van der Waals surface area contributed by atoms with Gasteiger partial charge in [0.15, 0.2) is 0 Å². The Morgan fingerprint density at radius 2 is 1.61 bits per heavy atom. The number of allylic oxidation sites excluding steroid dienone is 11. The van der Waals surface area contributed by atoms with Crippen LogP contribution in [0, 0.1) is 5.41 Å². The summed E-state index contributed by atoms with van der Waals surface area (Å²) in [6.07, 6.45) is 14.8. The molecule has 0 amide bonds. The maximum atomic E-state index is 3.84. The molecule has 0 nitrogen and oxygen atoms in total. The van der Waals surface area contributed by atoms with Crippen molar-refractivity contribution >= 4 is 0 Å². The first-order chi connectivity index (χ1) is 8.54. The zero-order valence-corrected chi connectivity index (χ0v) is 12.2. The van der Waals surface area contributed by atoms with Crippen molar-refractivity contribution in [3.8, 4) is 0 Å². The van der Waals surface area contributed by atoms with E-state index < -0.39 is 0 Å². The van der Waals surface area contributed by atoms with E-state index in [-0.39, 0.29) is 5.41 Å². The lowest BCUT2D eigenvalue weighted by Crippen LogP contribution is -2.12. The Balaban J connectivity index is 3.62. The smallest absolute Gasteiger partial charge is 0.0155 e. The lowest BCUT2D eigenvalue weighted by Gasteiger charge is -2.23. The fraction of sp³-hybridized carbons (Fsp3) is 0.333. The van der Waals surface area contributed by atoms with E-state index in [1.54, 1.807) is 0 Å². The van der Waals surface area contributed by atoms with Gasteiger partial charge in [0, 0.05) is 5.41 Å².